The largest absolute Gasteiger partial charge is 0.392 e. The third-order valence-corrected chi connectivity index (χ3v) is 3.10. The molecule has 2 rings (SSSR count). The van der Waals surface area contributed by atoms with Gasteiger partial charge in [0.2, 0.25) is 0 Å². The van der Waals surface area contributed by atoms with Crippen molar-refractivity contribution in [1.82, 2.24) is 4.98 Å². The predicted molar refractivity (Wildman–Crippen MR) is 73.5 cm³/mol. The highest BCUT2D eigenvalue weighted by Gasteiger charge is 2.06. The summed E-state index contributed by atoms with van der Waals surface area (Å²) in [6, 6.07) is 12.4. The minimum Gasteiger partial charge on any atom is -0.392 e. The number of rotatable bonds is 5. The molecule has 0 aliphatic carbocycles. The molecule has 0 spiro atoms. The Morgan fingerprint density at radius 3 is 2.28 bits per heavy atom. The van der Waals surface area contributed by atoms with Gasteiger partial charge in [0.25, 0.3) is 0 Å². The molecule has 1 aromatic heterocycles. The van der Waals surface area contributed by atoms with Gasteiger partial charge in [-0.25, -0.2) is 0 Å². The summed E-state index contributed by atoms with van der Waals surface area (Å²) in [5.74, 6) is 0. The molecule has 1 atom stereocenters. The lowest BCUT2D eigenvalue weighted by atomic mass is 10.0. The Hall–Kier alpha value is -1.67. The molecular weight excluding hydrogens is 222 g/mol. The van der Waals surface area contributed by atoms with Gasteiger partial charge < -0.3 is 5.11 Å². The van der Waals surface area contributed by atoms with E-state index in [1.54, 1.807) is 6.20 Å². The third-order valence-electron chi connectivity index (χ3n) is 3.10. The van der Waals surface area contributed by atoms with Crippen molar-refractivity contribution in [2.24, 2.45) is 0 Å². The van der Waals surface area contributed by atoms with E-state index in [1.165, 1.54) is 11.1 Å². The minimum atomic E-state index is -0.346. The molecule has 0 aliphatic rings. The van der Waals surface area contributed by atoms with Crippen molar-refractivity contribution in [3.8, 4) is 0 Å². The van der Waals surface area contributed by atoms with E-state index in [1.807, 2.05) is 18.3 Å². The Kier molecular flexibility index (Phi) is 4.48. The van der Waals surface area contributed by atoms with Crippen molar-refractivity contribution in [2.75, 3.05) is 0 Å². The number of benzene rings is 1. The van der Waals surface area contributed by atoms with Crippen molar-refractivity contribution in [1.29, 1.82) is 0 Å². The predicted octanol–water partition coefficient (Wildman–Crippen LogP) is 2.79. The van der Waals surface area contributed by atoms with E-state index in [0.29, 0.717) is 12.8 Å². The molecule has 1 N–H and O–H groups in total. The monoisotopic (exact) mass is 241 g/mol. The van der Waals surface area contributed by atoms with E-state index >= 15 is 0 Å². The van der Waals surface area contributed by atoms with Crippen LogP contribution in [0, 0.1) is 0 Å². The van der Waals surface area contributed by atoms with E-state index in [4.69, 9.17) is 0 Å². The Morgan fingerprint density at radius 1 is 1.00 bits per heavy atom. The fraction of sp³-hybridized carbons (Fsp3) is 0.312. The van der Waals surface area contributed by atoms with Gasteiger partial charge in [0.1, 0.15) is 0 Å². The second-order valence-electron chi connectivity index (χ2n) is 4.59. The first-order valence-electron chi connectivity index (χ1n) is 6.42. The molecule has 0 saturated carbocycles. The van der Waals surface area contributed by atoms with Gasteiger partial charge in [0.15, 0.2) is 0 Å². The van der Waals surface area contributed by atoms with Crippen LogP contribution in [0.5, 0.6) is 0 Å². The molecule has 0 bridgehead atoms. The first kappa shape index (κ1) is 12.8. The number of aliphatic hydroxyl groups excluding tert-OH is 1. The number of hydrogen-bond acceptors (Lipinski definition) is 2. The molecule has 0 saturated heterocycles. The van der Waals surface area contributed by atoms with Gasteiger partial charge in [-0.1, -0.05) is 37.3 Å². The van der Waals surface area contributed by atoms with Crippen LogP contribution in [0.2, 0.25) is 0 Å². The summed E-state index contributed by atoms with van der Waals surface area (Å²) < 4.78 is 0. The van der Waals surface area contributed by atoms with Gasteiger partial charge in [0.05, 0.1) is 6.10 Å². The maximum Gasteiger partial charge on any atom is 0.0621 e. The maximum absolute atomic E-state index is 10.1. The topological polar surface area (TPSA) is 33.1 Å². The molecule has 1 aromatic carbocycles. The van der Waals surface area contributed by atoms with Crippen LogP contribution in [0.4, 0.5) is 0 Å². The number of nitrogens with zero attached hydrogens (tertiary/aromatic N) is 1. The lowest BCUT2D eigenvalue weighted by Crippen LogP contribution is -2.14. The summed E-state index contributed by atoms with van der Waals surface area (Å²) in [5, 5.41) is 10.1. The molecule has 1 unspecified atom stereocenters. The lowest BCUT2D eigenvalue weighted by Gasteiger charge is -2.10. The molecule has 0 amide bonds. The highest BCUT2D eigenvalue weighted by molar-refractivity contribution is 5.23. The second kappa shape index (κ2) is 6.31. The summed E-state index contributed by atoms with van der Waals surface area (Å²) in [4.78, 5) is 4.06. The highest BCUT2D eigenvalue weighted by Crippen LogP contribution is 2.10. The van der Waals surface area contributed by atoms with Gasteiger partial charge in [-0.15, -0.1) is 0 Å². The van der Waals surface area contributed by atoms with Gasteiger partial charge >= 0.3 is 0 Å². The maximum atomic E-state index is 10.1. The van der Waals surface area contributed by atoms with Crippen molar-refractivity contribution in [3.63, 3.8) is 0 Å². The molecule has 2 aromatic rings. The highest BCUT2D eigenvalue weighted by atomic mass is 16.3. The van der Waals surface area contributed by atoms with Crippen LogP contribution >= 0.6 is 0 Å². The number of hydrogen-bond donors (Lipinski definition) is 1. The van der Waals surface area contributed by atoms with Crippen molar-refractivity contribution >= 4 is 0 Å². The van der Waals surface area contributed by atoms with Crippen LogP contribution in [-0.2, 0) is 19.3 Å². The molecular formula is C16H19NO. The van der Waals surface area contributed by atoms with Crippen LogP contribution < -0.4 is 0 Å². The Morgan fingerprint density at radius 2 is 1.67 bits per heavy atom. The zero-order valence-corrected chi connectivity index (χ0v) is 10.7. The van der Waals surface area contributed by atoms with Gasteiger partial charge in [0, 0.05) is 18.8 Å². The molecule has 18 heavy (non-hydrogen) atoms. The SMILES string of the molecule is CCc1ccc(CC(O)Cc2cccnc2)cc1. The first-order valence-corrected chi connectivity index (χ1v) is 6.42. The van der Waals surface area contributed by atoms with Crippen LogP contribution in [0.25, 0.3) is 0 Å². The molecule has 0 fully saturated rings. The van der Waals surface area contributed by atoms with Crippen molar-refractivity contribution in [3.05, 3.63) is 65.5 Å². The lowest BCUT2D eigenvalue weighted by molar-refractivity contribution is 0.175. The molecule has 0 radical (unpaired) electrons. The van der Waals surface area contributed by atoms with E-state index in [-0.39, 0.29) is 6.10 Å². The number of aliphatic hydroxyl groups is 1. The fourth-order valence-electron chi connectivity index (χ4n) is 2.05. The van der Waals surface area contributed by atoms with Crippen molar-refractivity contribution < 1.29 is 5.11 Å². The fourth-order valence-corrected chi connectivity index (χ4v) is 2.05. The molecule has 2 heteroatoms. The van der Waals surface area contributed by atoms with E-state index in [9.17, 15) is 5.11 Å². The first-order chi connectivity index (χ1) is 8.78. The summed E-state index contributed by atoms with van der Waals surface area (Å²) >= 11 is 0. The van der Waals surface area contributed by atoms with Crippen LogP contribution in [0.15, 0.2) is 48.8 Å². The van der Waals surface area contributed by atoms with Gasteiger partial charge in [-0.2, -0.15) is 0 Å². The van der Waals surface area contributed by atoms with Crippen LogP contribution in [0.1, 0.15) is 23.6 Å². The standard InChI is InChI=1S/C16H19NO/c1-2-13-5-7-14(8-6-13)10-16(18)11-15-4-3-9-17-12-15/h3-9,12,16,18H,2,10-11H2,1H3. The van der Waals surface area contributed by atoms with Crippen molar-refractivity contribution in [2.45, 2.75) is 32.3 Å². The second-order valence-corrected chi connectivity index (χ2v) is 4.59. The summed E-state index contributed by atoms with van der Waals surface area (Å²) in [5.41, 5.74) is 3.60. The summed E-state index contributed by atoms with van der Waals surface area (Å²) in [7, 11) is 0. The van der Waals surface area contributed by atoms with Crippen LogP contribution in [0.3, 0.4) is 0 Å². The van der Waals surface area contributed by atoms with E-state index in [0.717, 1.165) is 12.0 Å². The number of pyridine rings is 1. The Bertz CT molecular complexity index is 464. The van der Waals surface area contributed by atoms with Gasteiger partial charge in [-0.3, -0.25) is 4.98 Å². The Balaban J connectivity index is 1.92. The quantitative estimate of drug-likeness (QED) is 0.873. The molecule has 94 valence electrons. The zero-order valence-electron chi connectivity index (χ0n) is 10.7. The smallest absolute Gasteiger partial charge is 0.0621 e. The molecule has 0 aliphatic heterocycles. The average Bonchev–Trinajstić information content (AvgIpc) is 2.40. The summed E-state index contributed by atoms with van der Waals surface area (Å²) in [6.07, 6.45) is 5.62. The minimum absolute atomic E-state index is 0.346. The van der Waals surface area contributed by atoms with Crippen LogP contribution in [-0.4, -0.2) is 16.2 Å². The third kappa shape index (κ3) is 3.67. The van der Waals surface area contributed by atoms with Gasteiger partial charge in [-0.05, 0) is 35.6 Å². The zero-order chi connectivity index (χ0) is 12.8. The number of aryl methyl sites for hydroxylation is 1. The molecule has 2 nitrogen and oxygen atoms in total. The normalized spacial score (nSPS) is 12.3. The van der Waals surface area contributed by atoms with E-state index in [2.05, 4.69) is 36.2 Å². The Labute approximate surface area is 108 Å². The number of aromatic nitrogens is 1. The average molecular weight is 241 g/mol. The van der Waals surface area contributed by atoms with E-state index < -0.39 is 0 Å². The molecule has 1 heterocycles. The summed E-state index contributed by atoms with van der Waals surface area (Å²) in [6.45, 7) is 2.15.